The number of guanidine groups is 1. The Morgan fingerprint density at radius 3 is 2.54 bits per heavy atom. The van der Waals surface area contributed by atoms with Gasteiger partial charge in [0.05, 0.1) is 12.2 Å². The van der Waals surface area contributed by atoms with Gasteiger partial charge < -0.3 is 15.5 Å². The van der Waals surface area contributed by atoms with Gasteiger partial charge in [0.2, 0.25) is 0 Å². The molecular weight excluding hydrogens is 300 g/mol. The number of nitrogens with one attached hydrogen (secondary N) is 2. The Morgan fingerprint density at radius 1 is 1.21 bits per heavy atom. The number of hydrogen-bond acceptors (Lipinski definition) is 4. The first-order valence-corrected chi connectivity index (χ1v) is 8.87. The summed E-state index contributed by atoms with van der Waals surface area (Å²) in [6.45, 7) is 10.8. The Labute approximate surface area is 146 Å². The quantitative estimate of drug-likeness (QED) is 0.602. The molecule has 2 N–H and O–H groups in total. The standard InChI is InChI=1S/C18H32N6/c1-15(2)17(24-11-9-23(4)10-12-24)14-22-18(19-3)21-13-16-7-5-6-8-20-16/h5-8,15,17H,9-14H2,1-4H3,(H2,19,21,22). The van der Waals surface area contributed by atoms with Crippen LogP contribution in [-0.2, 0) is 6.54 Å². The maximum atomic E-state index is 4.33. The van der Waals surface area contributed by atoms with E-state index in [1.165, 1.54) is 0 Å². The second kappa shape index (κ2) is 9.59. The number of rotatable bonds is 6. The molecule has 6 nitrogen and oxygen atoms in total. The van der Waals surface area contributed by atoms with Crippen molar-refractivity contribution in [3.8, 4) is 0 Å². The Balaban J connectivity index is 1.83. The first-order valence-electron chi connectivity index (χ1n) is 8.87. The molecule has 1 saturated heterocycles. The van der Waals surface area contributed by atoms with Crippen LogP contribution in [0.5, 0.6) is 0 Å². The summed E-state index contributed by atoms with van der Waals surface area (Å²) in [5, 5.41) is 6.83. The Kier molecular flexibility index (Phi) is 7.46. The van der Waals surface area contributed by atoms with Crippen molar-refractivity contribution in [1.29, 1.82) is 0 Å². The summed E-state index contributed by atoms with van der Waals surface area (Å²) in [6.07, 6.45) is 1.81. The fraction of sp³-hybridized carbons (Fsp3) is 0.667. The van der Waals surface area contributed by atoms with Crippen LogP contribution in [-0.4, -0.2) is 73.6 Å². The molecular formula is C18H32N6. The normalized spacial score (nSPS) is 18.6. The van der Waals surface area contributed by atoms with Crippen LogP contribution in [0.25, 0.3) is 0 Å². The fourth-order valence-electron chi connectivity index (χ4n) is 3.04. The van der Waals surface area contributed by atoms with E-state index in [4.69, 9.17) is 0 Å². The summed E-state index contributed by atoms with van der Waals surface area (Å²) >= 11 is 0. The van der Waals surface area contributed by atoms with E-state index in [-0.39, 0.29) is 0 Å². The monoisotopic (exact) mass is 332 g/mol. The van der Waals surface area contributed by atoms with Gasteiger partial charge in [-0.15, -0.1) is 0 Å². The van der Waals surface area contributed by atoms with Crippen molar-refractivity contribution in [2.45, 2.75) is 26.4 Å². The van der Waals surface area contributed by atoms with E-state index in [1.807, 2.05) is 31.4 Å². The minimum atomic E-state index is 0.520. The molecule has 2 heterocycles. The molecule has 0 radical (unpaired) electrons. The minimum absolute atomic E-state index is 0.520. The molecule has 1 aliphatic rings. The topological polar surface area (TPSA) is 55.8 Å². The van der Waals surface area contributed by atoms with Crippen LogP contribution >= 0.6 is 0 Å². The Bertz CT molecular complexity index is 493. The Hall–Kier alpha value is -1.66. The van der Waals surface area contributed by atoms with Crippen LogP contribution in [0.4, 0.5) is 0 Å². The van der Waals surface area contributed by atoms with Gasteiger partial charge in [0.1, 0.15) is 0 Å². The predicted molar refractivity (Wildman–Crippen MR) is 100 cm³/mol. The summed E-state index contributed by atoms with van der Waals surface area (Å²) in [7, 11) is 4.01. The summed E-state index contributed by atoms with van der Waals surface area (Å²) in [5.74, 6) is 1.44. The first kappa shape index (κ1) is 18.7. The highest BCUT2D eigenvalue weighted by Gasteiger charge is 2.24. The van der Waals surface area contributed by atoms with Gasteiger partial charge in [-0.2, -0.15) is 0 Å². The van der Waals surface area contributed by atoms with Gasteiger partial charge in [0.25, 0.3) is 0 Å². The first-order chi connectivity index (χ1) is 11.6. The van der Waals surface area contributed by atoms with E-state index < -0.39 is 0 Å². The van der Waals surface area contributed by atoms with Crippen molar-refractivity contribution in [2.75, 3.05) is 46.8 Å². The molecule has 6 heteroatoms. The summed E-state index contributed by atoms with van der Waals surface area (Å²) in [6, 6.07) is 6.47. The average Bonchev–Trinajstić information content (AvgIpc) is 2.60. The molecule has 0 aromatic carbocycles. The van der Waals surface area contributed by atoms with E-state index in [2.05, 4.69) is 51.3 Å². The van der Waals surface area contributed by atoms with Crippen molar-refractivity contribution >= 4 is 5.96 Å². The van der Waals surface area contributed by atoms with E-state index in [9.17, 15) is 0 Å². The van der Waals surface area contributed by atoms with Crippen molar-refractivity contribution in [3.63, 3.8) is 0 Å². The van der Waals surface area contributed by atoms with Crippen molar-refractivity contribution in [1.82, 2.24) is 25.4 Å². The molecule has 24 heavy (non-hydrogen) atoms. The third-order valence-corrected chi connectivity index (χ3v) is 4.64. The largest absolute Gasteiger partial charge is 0.355 e. The van der Waals surface area contributed by atoms with Crippen LogP contribution in [0, 0.1) is 5.92 Å². The summed E-state index contributed by atoms with van der Waals surface area (Å²) < 4.78 is 0. The van der Waals surface area contributed by atoms with Gasteiger partial charge >= 0.3 is 0 Å². The molecule has 1 atom stereocenters. The number of aliphatic imine (C=N–C) groups is 1. The van der Waals surface area contributed by atoms with E-state index in [1.54, 1.807) is 0 Å². The van der Waals surface area contributed by atoms with E-state index in [0.717, 1.165) is 44.4 Å². The molecule has 0 saturated carbocycles. The molecule has 0 amide bonds. The number of pyridine rings is 1. The molecule has 0 aliphatic carbocycles. The van der Waals surface area contributed by atoms with E-state index in [0.29, 0.717) is 18.5 Å². The van der Waals surface area contributed by atoms with E-state index >= 15 is 0 Å². The fourth-order valence-corrected chi connectivity index (χ4v) is 3.04. The molecule has 1 aromatic rings. The third-order valence-electron chi connectivity index (χ3n) is 4.64. The molecule has 1 fully saturated rings. The lowest BCUT2D eigenvalue weighted by Gasteiger charge is -2.40. The lowest BCUT2D eigenvalue weighted by atomic mass is 10.0. The van der Waals surface area contributed by atoms with Gasteiger partial charge in [0.15, 0.2) is 5.96 Å². The smallest absolute Gasteiger partial charge is 0.191 e. The number of likely N-dealkylation sites (N-methyl/N-ethyl adjacent to an activating group) is 1. The maximum absolute atomic E-state index is 4.33. The third kappa shape index (κ3) is 5.76. The molecule has 1 unspecified atom stereocenters. The van der Waals surface area contributed by atoms with Crippen molar-refractivity contribution in [3.05, 3.63) is 30.1 Å². The second-order valence-electron chi connectivity index (χ2n) is 6.78. The summed E-state index contributed by atoms with van der Waals surface area (Å²) in [5.41, 5.74) is 1.01. The highest BCUT2D eigenvalue weighted by Crippen LogP contribution is 2.12. The zero-order chi connectivity index (χ0) is 17.4. The zero-order valence-electron chi connectivity index (χ0n) is 15.5. The number of hydrogen-bond donors (Lipinski definition) is 2. The van der Waals surface area contributed by atoms with Crippen molar-refractivity contribution < 1.29 is 0 Å². The van der Waals surface area contributed by atoms with Crippen molar-refractivity contribution in [2.24, 2.45) is 10.9 Å². The molecule has 1 aliphatic heterocycles. The molecule has 2 rings (SSSR count). The minimum Gasteiger partial charge on any atom is -0.355 e. The van der Waals surface area contributed by atoms with Gasteiger partial charge in [0, 0.05) is 52.0 Å². The van der Waals surface area contributed by atoms with Gasteiger partial charge in [-0.1, -0.05) is 19.9 Å². The highest BCUT2D eigenvalue weighted by molar-refractivity contribution is 5.79. The van der Waals surface area contributed by atoms with Crippen LogP contribution in [0.1, 0.15) is 19.5 Å². The van der Waals surface area contributed by atoms with Gasteiger partial charge in [-0.25, -0.2) is 0 Å². The molecule has 134 valence electrons. The number of aromatic nitrogens is 1. The number of piperazine rings is 1. The lowest BCUT2D eigenvalue weighted by molar-refractivity contribution is 0.0900. The maximum Gasteiger partial charge on any atom is 0.191 e. The molecule has 1 aromatic heterocycles. The molecule has 0 spiro atoms. The predicted octanol–water partition coefficient (Wildman–Crippen LogP) is 1.02. The van der Waals surface area contributed by atoms with Crippen LogP contribution in [0.2, 0.25) is 0 Å². The van der Waals surface area contributed by atoms with Gasteiger partial charge in [-0.05, 0) is 25.1 Å². The average molecular weight is 332 g/mol. The van der Waals surface area contributed by atoms with Crippen LogP contribution in [0.15, 0.2) is 29.4 Å². The number of nitrogens with zero attached hydrogens (tertiary/aromatic N) is 4. The van der Waals surface area contributed by atoms with Crippen LogP contribution in [0.3, 0.4) is 0 Å². The summed E-state index contributed by atoms with van der Waals surface area (Å²) in [4.78, 5) is 13.7. The SMILES string of the molecule is CN=C(NCc1ccccn1)NCC(C(C)C)N1CCN(C)CC1. The Morgan fingerprint density at radius 2 is 1.96 bits per heavy atom. The van der Waals surface area contributed by atoms with Crippen LogP contribution < -0.4 is 10.6 Å². The lowest BCUT2D eigenvalue weighted by Crippen LogP contribution is -2.55. The zero-order valence-corrected chi connectivity index (χ0v) is 15.5. The van der Waals surface area contributed by atoms with Gasteiger partial charge in [-0.3, -0.25) is 14.9 Å². The highest BCUT2D eigenvalue weighted by atomic mass is 15.3. The molecule has 0 bridgehead atoms. The second-order valence-corrected chi connectivity index (χ2v) is 6.78.